The molecule has 0 bridgehead atoms. The number of imidazole rings is 1. The van der Waals surface area contributed by atoms with E-state index in [0.717, 1.165) is 42.3 Å². The van der Waals surface area contributed by atoms with E-state index < -0.39 is 12.0 Å². The van der Waals surface area contributed by atoms with Crippen molar-refractivity contribution in [2.45, 2.75) is 43.8 Å². The molecule has 0 radical (unpaired) electrons. The van der Waals surface area contributed by atoms with Crippen LogP contribution in [0.1, 0.15) is 43.3 Å². The van der Waals surface area contributed by atoms with Crippen molar-refractivity contribution in [1.29, 1.82) is 0 Å². The Morgan fingerprint density at radius 3 is 2.41 bits per heavy atom. The number of carboxylic acids is 1. The minimum atomic E-state index is -0.865. The van der Waals surface area contributed by atoms with Gasteiger partial charge < -0.3 is 10.1 Å². The number of carbonyl (C=O) groups is 1. The maximum atomic E-state index is 12.4. The number of fused-ring (bicyclic) bond motifs is 1. The summed E-state index contributed by atoms with van der Waals surface area (Å²) in [6, 6.07) is 16.6. The Labute approximate surface area is 156 Å². The molecule has 1 aliphatic carbocycles. The van der Waals surface area contributed by atoms with E-state index in [2.05, 4.69) is 10.3 Å². The molecule has 0 saturated heterocycles. The Kier molecular flexibility index (Phi) is 4.81. The summed E-state index contributed by atoms with van der Waals surface area (Å²) >= 11 is 0. The van der Waals surface area contributed by atoms with E-state index in [1.807, 2.05) is 59.2 Å². The Balaban J connectivity index is 1.46. The fraction of sp³-hybridized carbons (Fsp3) is 0.333. The van der Waals surface area contributed by atoms with Gasteiger partial charge in [0.2, 0.25) is 0 Å². The number of aromatic amines is 1. The topological polar surface area (TPSA) is 87.1 Å². The summed E-state index contributed by atoms with van der Waals surface area (Å²) in [5.41, 5.74) is 2.49. The van der Waals surface area contributed by atoms with Crippen LogP contribution in [-0.4, -0.2) is 26.7 Å². The fourth-order valence-corrected chi connectivity index (χ4v) is 4.13. The standard InChI is InChI=1S/C21H23N3O3/c25-20(26)19(14-6-2-1-3-7-14)22-15-10-12-16(13-11-15)24-18-9-5-4-8-17(18)23-21(24)27/h1-9,15-16,19,22H,10-13H2,(H,23,27)(H,25,26)/t15-,16-,19?. The lowest BCUT2D eigenvalue weighted by atomic mass is 9.90. The van der Waals surface area contributed by atoms with Crippen molar-refractivity contribution in [1.82, 2.24) is 14.9 Å². The SMILES string of the molecule is O=C(O)C(N[C@H]1CC[C@H](n2c(=O)[nH]c3ccccc32)CC1)c1ccccc1. The van der Waals surface area contributed by atoms with Gasteiger partial charge in [0.05, 0.1) is 11.0 Å². The number of aliphatic carboxylic acids is 1. The molecule has 6 nitrogen and oxygen atoms in total. The highest BCUT2D eigenvalue weighted by molar-refractivity contribution is 5.76. The third kappa shape index (κ3) is 3.53. The van der Waals surface area contributed by atoms with Gasteiger partial charge >= 0.3 is 11.7 Å². The zero-order chi connectivity index (χ0) is 18.8. The van der Waals surface area contributed by atoms with Gasteiger partial charge in [0.15, 0.2) is 0 Å². The number of para-hydroxylation sites is 2. The molecule has 1 fully saturated rings. The minimum Gasteiger partial charge on any atom is -0.480 e. The first kappa shape index (κ1) is 17.5. The maximum Gasteiger partial charge on any atom is 0.326 e. The van der Waals surface area contributed by atoms with E-state index in [4.69, 9.17) is 0 Å². The summed E-state index contributed by atoms with van der Waals surface area (Å²) in [6.45, 7) is 0. The molecule has 1 unspecified atom stereocenters. The van der Waals surface area contributed by atoms with Crippen molar-refractivity contribution in [2.75, 3.05) is 0 Å². The predicted octanol–water partition coefficient (Wildman–Crippen LogP) is 3.23. The van der Waals surface area contributed by atoms with E-state index in [0.29, 0.717) is 0 Å². The van der Waals surface area contributed by atoms with Crippen LogP contribution in [0.4, 0.5) is 0 Å². The Hall–Kier alpha value is -2.86. The third-order valence-electron chi connectivity index (χ3n) is 5.47. The second-order valence-electron chi connectivity index (χ2n) is 7.17. The molecule has 4 rings (SSSR count). The van der Waals surface area contributed by atoms with E-state index in [-0.39, 0.29) is 17.8 Å². The van der Waals surface area contributed by atoms with Crippen LogP contribution in [0.2, 0.25) is 0 Å². The first-order chi connectivity index (χ1) is 13.1. The summed E-state index contributed by atoms with van der Waals surface area (Å²) in [7, 11) is 0. The smallest absolute Gasteiger partial charge is 0.326 e. The van der Waals surface area contributed by atoms with Crippen LogP contribution >= 0.6 is 0 Å². The minimum absolute atomic E-state index is 0.0692. The molecule has 3 aromatic rings. The van der Waals surface area contributed by atoms with E-state index in [1.165, 1.54) is 0 Å². The molecule has 1 aliphatic rings. The quantitative estimate of drug-likeness (QED) is 0.648. The molecular formula is C21H23N3O3. The van der Waals surface area contributed by atoms with Gasteiger partial charge in [0, 0.05) is 12.1 Å². The lowest BCUT2D eigenvalue weighted by Gasteiger charge is -2.31. The largest absolute Gasteiger partial charge is 0.480 e. The van der Waals surface area contributed by atoms with Crippen LogP contribution in [0.3, 0.4) is 0 Å². The normalized spacial score (nSPS) is 21.2. The molecule has 0 amide bonds. The zero-order valence-electron chi connectivity index (χ0n) is 15.0. The monoisotopic (exact) mass is 365 g/mol. The summed E-state index contributed by atoms with van der Waals surface area (Å²) in [6.07, 6.45) is 3.38. The number of rotatable bonds is 5. The fourth-order valence-electron chi connectivity index (χ4n) is 4.13. The van der Waals surface area contributed by atoms with Gasteiger partial charge in [-0.1, -0.05) is 42.5 Å². The molecule has 6 heteroatoms. The van der Waals surface area contributed by atoms with Crippen molar-refractivity contribution in [3.05, 3.63) is 70.6 Å². The Bertz CT molecular complexity index is 985. The second kappa shape index (κ2) is 7.40. The van der Waals surface area contributed by atoms with Crippen LogP contribution in [0.15, 0.2) is 59.4 Å². The number of hydrogen-bond donors (Lipinski definition) is 3. The predicted molar refractivity (Wildman–Crippen MR) is 104 cm³/mol. The maximum absolute atomic E-state index is 12.4. The Morgan fingerprint density at radius 1 is 1.04 bits per heavy atom. The van der Waals surface area contributed by atoms with Crippen LogP contribution in [0, 0.1) is 0 Å². The van der Waals surface area contributed by atoms with Gasteiger partial charge in [-0.3, -0.25) is 14.7 Å². The van der Waals surface area contributed by atoms with Crippen molar-refractivity contribution in [3.63, 3.8) is 0 Å². The van der Waals surface area contributed by atoms with Gasteiger partial charge in [-0.15, -0.1) is 0 Å². The zero-order valence-corrected chi connectivity index (χ0v) is 15.0. The number of nitrogens with zero attached hydrogens (tertiary/aromatic N) is 1. The summed E-state index contributed by atoms with van der Waals surface area (Å²) in [5.74, 6) is -0.865. The molecule has 27 heavy (non-hydrogen) atoms. The molecular weight excluding hydrogens is 342 g/mol. The molecule has 3 N–H and O–H groups in total. The molecule has 1 atom stereocenters. The van der Waals surface area contributed by atoms with Crippen LogP contribution < -0.4 is 11.0 Å². The lowest BCUT2D eigenvalue weighted by Crippen LogP contribution is -2.40. The van der Waals surface area contributed by atoms with Crippen molar-refractivity contribution in [2.24, 2.45) is 0 Å². The molecule has 140 valence electrons. The molecule has 2 aromatic carbocycles. The lowest BCUT2D eigenvalue weighted by molar-refractivity contribution is -0.140. The molecule has 1 saturated carbocycles. The van der Waals surface area contributed by atoms with Gasteiger partial charge in [-0.2, -0.15) is 0 Å². The highest BCUT2D eigenvalue weighted by Gasteiger charge is 2.28. The second-order valence-corrected chi connectivity index (χ2v) is 7.17. The summed E-state index contributed by atoms with van der Waals surface area (Å²) in [4.78, 5) is 27.0. The van der Waals surface area contributed by atoms with E-state index in [1.54, 1.807) is 0 Å². The van der Waals surface area contributed by atoms with E-state index in [9.17, 15) is 14.7 Å². The van der Waals surface area contributed by atoms with Gasteiger partial charge in [-0.25, -0.2) is 4.79 Å². The van der Waals surface area contributed by atoms with Crippen molar-refractivity contribution < 1.29 is 9.90 Å². The van der Waals surface area contributed by atoms with Crippen molar-refractivity contribution in [3.8, 4) is 0 Å². The highest BCUT2D eigenvalue weighted by atomic mass is 16.4. The number of benzene rings is 2. The summed E-state index contributed by atoms with van der Waals surface area (Å²) < 4.78 is 1.86. The number of carboxylic acid groups (broad SMARTS) is 1. The highest BCUT2D eigenvalue weighted by Crippen LogP contribution is 2.31. The first-order valence-electron chi connectivity index (χ1n) is 9.36. The summed E-state index contributed by atoms with van der Waals surface area (Å²) in [5, 5.41) is 12.9. The molecule has 0 aliphatic heterocycles. The molecule has 1 heterocycles. The van der Waals surface area contributed by atoms with Crippen LogP contribution in [-0.2, 0) is 4.79 Å². The van der Waals surface area contributed by atoms with Gasteiger partial charge in [0.1, 0.15) is 6.04 Å². The number of hydrogen-bond acceptors (Lipinski definition) is 3. The first-order valence-corrected chi connectivity index (χ1v) is 9.36. The van der Waals surface area contributed by atoms with Gasteiger partial charge in [0.25, 0.3) is 0 Å². The molecule has 1 aromatic heterocycles. The van der Waals surface area contributed by atoms with Crippen molar-refractivity contribution >= 4 is 17.0 Å². The Morgan fingerprint density at radius 2 is 1.70 bits per heavy atom. The van der Waals surface area contributed by atoms with Crippen LogP contribution in [0.5, 0.6) is 0 Å². The van der Waals surface area contributed by atoms with E-state index >= 15 is 0 Å². The average molecular weight is 365 g/mol. The average Bonchev–Trinajstić information content (AvgIpc) is 3.03. The number of nitrogens with one attached hydrogen (secondary N) is 2. The number of H-pyrrole nitrogens is 1. The molecule has 0 spiro atoms. The number of aromatic nitrogens is 2. The van der Waals surface area contributed by atoms with Crippen LogP contribution in [0.25, 0.3) is 11.0 Å². The van der Waals surface area contributed by atoms with Gasteiger partial charge in [-0.05, 0) is 43.4 Å². The third-order valence-corrected chi connectivity index (χ3v) is 5.47.